The highest BCUT2D eigenvalue weighted by atomic mass is 32.2. The van der Waals surface area contributed by atoms with Crippen molar-refractivity contribution in [3.8, 4) is 23.3 Å². The number of amides is 1. The van der Waals surface area contributed by atoms with Gasteiger partial charge in [0.05, 0.1) is 24.7 Å². The summed E-state index contributed by atoms with van der Waals surface area (Å²) in [6, 6.07) is 3.01. The summed E-state index contributed by atoms with van der Waals surface area (Å²) < 4.78 is 47.7. The largest absolute Gasteiger partial charge is 0.487 e. The molecule has 36 heavy (non-hydrogen) atoms. The van der Waals surface area contributed by atoms with E-state index in [0.717, 1.165) is 12.8 Å². The number of ether oxygens (including phenoxy) is 4. The number of piperidine rings is 1. The first-order valence-electron chi connectivity index (χ1n) is 12.2. The lowest BCUT2D eigenvalue weighted by molar-refractivity contribution is 0.0643. The van der Waals surface area contributed by atoms with Gasteiger partial charge in [0.1, 0.15) is 12.4 Å². The van der Waals surface area contributed by atoms with Crippen LogP contribution in [0.1, 0.15) is 51.1 Å². The molecule has 2 aromatic rings. The van der Waals surface area contributed by atoms with E-state index in [9.17, 15) is 13.2 Å². The molecular weight excluding hydrogens is 488 g/mol. The number of pyridine rings is 1. The lowest BCUT2D eigenvalue weighted by Crippen LogP contribution is -2.42. The van der Waals surface area contributed by atoms with Crippen LogP contribution in [0.3, 0.4) is 0 Å². The Bertz CT molecular complexity index is 1180. The molecule has 1 saturated carbocycles. The molecular formula is C24H32N4O7S. The number of unbranched alkanes of at least 4 members (excludes halogenated alkanes) is 1. The van der Waals surface area contributed by atoms with Gasteiger partial charge in [-0.3, -0.25) is 0 Å². The standard InChI is InChI=1S/C24H32N4O7S/c1-4-5-14-33-24(29)28-12-10-17(11-13-28)34-22-21(32-3)23(26-15-25-22)35-19-8-9-20(27-16(19)2)36(30,31)18-6-7-18/h8-9,15,17-18H,4-7,10-14H2,1-3H3. The number of rotatable bonds is 10. The monoisotopic (exact) mass is 520 g/mol. The van der Waals surface area contributed by atoms with E-state index in [2.05, 4.69) is 15.0 Å². The smallest absolute Gasteiger partial charge is 0.409 e. The molecule has 4 rings (SSSR count). The van der Waals surface area contributed by atoms with Crippen LogP contribution in [0.5, 0.6) is 23.3 Å². The van der Waals surface area contributed by atoms with Gasteiger partial charge in [-0.05, 0) is 38.3 Å². The predicted molar refractivity (Wildman–Crippen MR) is 129 cm³/mol. The number of carbonyl (C=O) groups is 1. The molecule has 0 N–H and O–H groups in total. The van der Waals surface area contributed by atoms with Crippen LogP contribution in [0.25, 0.3) is 0 Å². The zero-order chi connectivity index (χ0) is 25.7. The molecule has 0 aromatic carbocycles. The van der Waals surface area contributed by atoms with Crippen molar-refractivity contribution in [1.29, 1.82) is 0 Å². The SMILES string of the molecule is CCCCOC(=O)N1CCC(Oc2ncnc(Oc3ccc(S(=O)(=O)C4CC4)nc3C)c2OC)CC1. The van der Waals surface area contributed by atoms with Gasteiger partial charge in [-0.25, -0.2) is 18.2 Å². The minimum absolute atomic E-state index is 0.0501. The molecule has 0 spiro atoms. The number of methoxy groups -OCH3 is 1. The van der Waals surface area contributed by atoms with Gasteiger partial charge in [0, 0.05) is 25.9 Å². The number of hydrogen-bond donors (Lipinski definition) is 0. The Balaban J connectivity index is 1.40. The van der Waals surface area contributed by atoms with E-state index in [1.807, 2.05) is 6.92 Å². The Morgan fingerprint density at radius 1 is 1.11 bits per heavy atom. The number of sulfone groups is 1. The van der Waals surface area contributed by atoms with Crippen LogP contribution in [0, 0.1) is 6.92 Å². The highest BCUT2D eigenvalue weighted by Crippen LogP contribution is 2.38. The van der Waals surface area contributed by atoms with Gasteiger partial charge in [0.15, 0.2) is 20.6 Å². The molecule has 2 aliphatic rings. The number of hydrogen-bond acceptors (Lipinski definition) is 10. The van der Waals surface area contributed by atoms with E-state index in [0.29, 0.717) is 56.8 Å². The Kier molecular flexibility index (Phi) is 8.12. The van der Waals surface area contributed by atoms with Gasteiger partial charge in [0.2, 0.25) is 5.75 Å². The average Bonchev–Trinajstić information content (AvgIpc) is 3.72. The Morgan fingerprint density at radius 3 is 2.47 bits per heavy atom. The quantitative estimate of drug-likeness (QED) is 0.427. The minimum Gasteiger partial charge on any atom is -0.487 e. The Morgan fingerprint density at radius 2 is 1.83 bits per heavy atom. The maximum absolute atomic E-state index is 12.5. The summed E-state index contributed by atoms with van der Waals surface area (Å²) in [6.45, 7) is 5.19. The van der Waals surface area contributed by atoms with Gasteiger partial charge in [-0.1, -0.05) is 13.3 Å². The van der Waals surface area contributed by atoms with Crippen LogP contribution < -0.4 is 14.2 Å². The zero-order valence-corrected chi connectivity index (χ0v) is 21.6. The highest BCUT2D eigenvalue weighted by Gasteiger charge is 2.38. The topological polar surface area (TPSA) is 130 Å². The first kappa shape index (κ1) is 25.9. The van der Waals surface area contributed by atoms with E-state index < -0.39 is 9.84 Å². The lowest BCUT2D eigenvalue weighted by atomic mass is 10.1. The van der Waals surface area contributed by atoms with Crippen molar-refractivity contribution in [2.45, 2.75) is 68.8 Å². The first-order valence-corrected chi connectivity index (χ1v) is 13.7. The zero-order valence-electron chi connectivity index (χ0n) is 20.8. The van der Waals surface area contributed by atoms with Crippen molar-refractivity contribution in [2.24, 2.45) is 0 Å². The maximum Gasteiger partial charge on any atom is 0.409 e. The molecule has 0 bridgehead atoms. The van der Waals surface area contributed by atoms with Crippen molar-refractivity contribution in [2.75, 3.05) is 26.8 Å². The summed E-state index contributed by atoms with van der Waals surface area (Å²) in [6.07, 6.45) is 5.24. The second-order valence-electron chi connectivity index (χ2n) is 8.87. The molecule has 3 heterocycles. The molecule has 1 saturated heterocycles. The molecule has 1 amide bonds. The second kappa shape index (κ2) is 11.3. The van der Waals surface area contributed by atoms with Gasteiger partial charge >= 0.3 is 6.09 Å². The van der Waals surface area contributed by atoms with Crippen LogP contribution in [-0.4, -0.2) is 72.5 Å². The molecule has 0 unspecified atom stereocenters. The van der Waals surface area contributed by atoms with Crippen LogP contribution >= 0.6 is 0 Å². The Labute approximate surface area is 211 Å². The fraction of sp³-hybridized carbons (Fsp3) is 0.583. The van der Waals surface area contributed by atoms with Gasteiger partial charge < -0.3 is 23.8 Å². The molecule has 12 heteroatoms. The number of likely N-dealkylation sites (tertiary alicyclic amines) is 1. The van der Waals surface area contributed by atoms with E-state index in [1.165, 1.54) is 19.5 Å². The van der Waals surface area contributed by atoms with Gasteiger partial charge in [0.25, 0.3) is 11.8 Å². The summed E-state index contributed by atoms with van der Waals surface area (Å²) in [5.74, 6) is 0.919. The summed E-state index contributed by atoms with van der Waals surface area (Å²) >= 11 is 0. The van der Waals surface area contributed by atoms with Crippen molar-refractivity contribution in [1.82, 2.24) is 19.9 Å². The molecule has 0 radical (unpaired) electrons. The summed E-state index contributed by atoms with van der Waals surface area (Å²) in [7, 11) is -1.94. The van der Waals surface area contributed by atoms with E-state index in [-0.39, 0.29) is 40.0 Å². The van der Waals surface area contributed by atoms with Crippen LogP contribution in [0.4, 0.5) is 4.79 Å². The average molecular weight is 521 g/mol. The fourth-order valence-electron chi connectivity index (χ4n) is 3.83. The number of nitrogens with zero attached hydrogens (tertiary/aromatic N) is 4. The number of aryl methyl sites for hydroxylation is 1. The van der Waals surface area contributed by atoms with Crippen molar-refractivity contribution >= 4 is 15.9 Å². The maximum atomic E-state index is 12.5. The minimum atomic E-state index is -3.40. The van der Waals surface area contributed by atoms with E-state index in [1.54, 1.807) is 17.9 Å². The molecule has 0 atom stereocenters. The van der Waals surface area contributed by atoms with Crippen molar-refractivity contribution < 1.29 is 32.2 Å². The summed E-state index contributed by atoms with van der Waals surface area (Å²) in [5.41, 5.74) is 0.415. The molecule has 11 nitrogen and oxygen atoms in total. The molecule has 2 aromatic heterocycles. The van der Waals surface area contributed by atoms with Gasteiger partial charge in [-0.2, -0.15) is 9.97 Å². The normalized spacial score (nSPS) is 16.5. The third kappa shape index (κ3) is 5.97. The number of carbonyl (C=O) groups excluding carboxylic acids is 1. The first-order chi connectivity index (χ1) is 17.3. The van der Waals surface area contributed by atoms with Crippen molar-refractivity contribution in [3.63, 3.8) is 0 Å². The van der Waals surface area contributed by atoms with Crippen LogP contribution in [0.15, 0.2) is 23.5 Å². The third-order valence-electron chi connectivity index (χ3n) is 6.12. The molecule has 1 aliphatic carbocycles. The molecule has 1 aliphatic heterocycles. The fourth-order valence-corrected chi connectivity index (χ4v) is 5.45. The van der Waals surface area contributed by atoms with Crippen LogP contribution in [-0.2, 0) is 14.6 Å². The highest BCUT2D eigenvalue weighted by molar-refractivity contribution is 7.92. The summed E-state index contributed by atoms with van der Waals surface area (Å²) in [4.78, 5) is 26.5. The lowest BCUT2D eigenvalue weighted by Gasteiger charge is -2.31. The second-order valence-corrected chi connectivity index (χ2v) is 11.0. The van der Waals surface area contributed by atoms with Crippen LogP contribution in [0.2, 0.25) is 0 Å². The molecule has 2 fully saturated rings. The third-order valence-corrected chi connectivity index (χ3v) is 8.28. The van der Waals surface area contributed by atoms with E-state index >= 15 is 0 Å². The Hall–Kier alpha value is -3.15. The molecule has 196 valence electrons. The van der Waals surface area contributed by atoms with E-state index in [4.69, 9.17) is 18.9 Å². The van der Waals surface area contributed by atoms with Crippen molar-refractivity contribution in [3.05, 3.63) is 24.2 Å². The van der Waals surface area contributed by atoms with Gasteiger partial charge in [-0.15, -0.1) is 0 Å². The number of aromatic nitrogens is 3. The predicted octanol–water partition coefficient (Wildman–Crippen LogP) is 3.70. The summed E-state index contributed by atoms with van der Waals surface area (Å²) in [5, 5.41) is -0.287.